The van der Waals surface area contributed by atoms with Gasteiger partial charge in [0.1, 0.15) is 6.23 Å². The summed E-state index contributed by atoms with van der Waals surface area (Å²) in [5.41, 5.74) is 0.295. The maximum absolute atomic E-state index is 5.96. The topological polar surface area (TPSA) is 12.5 Å². The summed E-state index contributed by atoms with van der Waals surface area (Å²) in [5.74, 6) is 0.625. The molecule has 0 bridgehead atoms. The quantitative estimate of drug-likeness (QED) is 0.568. The summed E-state index contributed by atoms with van der Waals surface area (Å²) in [7, 11) is 2.16. The number of hydrogen-bond donors (Lipinski definition) is 0. The van der Waals surface area contributed by atoms with E-state index < -0.39 is 0 Å². The van der Waals surface area contributed by atoms with Gasteiger partial charge in [0, 0.05) is 6.54 Å². The highest BCUT2D eigenvalue weighted by Gasteiger charge is 2.52. The van der Waals surface area contributed by atoms with Crippen LogP contribution in [0.5, 0.6) is 0 Å². The van der Waals surface area contributed by atoms with Crippen LogP contribution < -0.4 is 0 Å². The van der Waals surface area contributed by atoms with Gasteiger partial charge in [-0.05, 0) is 25.8 Å². The average Bonchev–Trinajstić information content (AvgIpc) is 2.54. The zero-order valence-corrected chi connectivity index (χ0v) is 7.63. The van der Waals surface area contributed by atoms with Crippen molar-refractivity contribution in [2.24, 2.45) is 5.92 Å². The van der Waals surface area contributed by atoms with Crippen molar-refractivity contribution in [1.29, 1.82) is 0 Å². The molecule has 64 valence electrons. The molecule has 0 unspecified atom stereocenters. The first-order valence-electron chi connectivity index (χ1n) is 4.51. The number of ether oxygens (including phenoxy) is 1. The fraction of sp³-hybridized carbons (Fsp3) is 1.00. The summed E-state index contributed by atoms with van der Waals surface area (Å²) in [5, 5.41) is 0. The molecule has 1 spiro atoms. The lowest BCUT2D eigenvalue weighted by Crippen LogP contribution is -2.30. The molecule has 2 nitrogen and oxygen atoms in total. The van der Waals surface area contributed by atoms with Gasteiger partial charge in [-0.25, -0.2) is 0 Å². The number of nitrogens with zero attached hydrogens (tertiary/aromatic N) is 1. The summed E-state index contributed by atoms with van der Waals surface area (Å²) in [6, 6.07) is 0. The van der Waals surface area contributed by atoms with Gasteiger partial charge in [-0.1, -0.05) is 13.8 Å². The van der Waals surface area contributed by atoms with E-state index in [4.69, 9.17) is 4.74 Å². The number of likely N-dealkylation sites (N-methyl/N-ethyl adjacent to an activating group) is 1. The van der Waals surface area contributed by atoms with E-state index in [2.05, 4.69) is 25.8 Å². The van der Waals surface area contributed by atoms with Crippen molar-refractivity contribution in [3.63, 3.8) is 0 Å². The van der Waals surface area contributed by atoms with E-state index in [0.29, 0.717) is 17.7 Å². The molecule has 2 fully saturated rings. The van der Waals surface area contributed by atoms with Crippen molar-refractivity contribution in [3.05, 3.63) is 0 Å². The van der Waals surface area contributed by atoms with Gasteiger partial charge >= 0.3 is 0 Å². The number of rotatable bonds is 1. The van der Waals surface area contributed by atoms with Crippen molar-refractivity contribution in [3.8, 4) is 0 Å². The largest absolute Gasteiger partial charge is 0.355 e. The molecule has 0 aromatic rings. The number of hydrogen-bond acceptors (Lipinski definition) is 2. The van der Waals surface area contributed by atoms with Crippen LogP contribution in [0.3, 0.4) is 0 Å². The molecule has 0 aromatic carbocycles. The second-order valence-electron chi connectivity index (χ2n) is 4.35. The van der Waals surface area contributed by atoms with Gasteiger partial charge < -0.3 is 4.74 Å². The van der Waals surface area contributed by atoms with Crippen LogP contribution in [0.1, 0.15) is 26.7 Å². The molecular weight excluding hydrogens is 138 g/mol. The molecule has 0 radical (unpaired) electrons. The molecular formula is C9H17NO. The zero-order chi connectivity index (χ0) is 8.06. The Morgan fingerprint density at radius 2 is 2.09 bits per heavy atom. The summed E-state index contributed by atoms with van der Waals surface area (Å²) in [6.45, 7) is 5.60. The second kappa shape index (κ2) is 2.20. The van der Waals surface area contributed by atoms with Gasteiger partial charge in [0.25, 0.3) is 0 Å². The third kappa shape index (κ3) is 1.18. The van der Waals surface area contributed by atoms with Crippen molar-refractivity contribution in [2.75, 3.05) is 13.6 Å². The maximum Gasteiger partial charge on any atom is 0.113 e. The third-order valence-corrected chi connectivity index (χ3v) is 2.72. The van der Waals surface area contributed by atoms with Gasteiger partial charge in [0.05, 0.1) is 5.60 Å². The van der Waals surface area contributed by atoms with Crippen molar-refractivity contribution in [1.82, 2.24) is 4.90 Å². The Kier molecular flexibility index (Phi) is 1.52. The highest BCUT2D eigenvalue weighted by atomic mass is 16.5. The van der Waals surface area contributed by atoms with Crippen LogP contribution in [0, 0.1) is 5.92 Å². The minimum atomic E-state index is 0.295. The fourth-order valence-electron chi connectivity index (χ4n) is 1.99. The molecule has 2 heteroatoms. The van der Waals surface area contributed by atoms with E-state index in [0.717, 1.165) is 6.54 Å². The highest BCUT2D eigenvalue weighted by molar-refractivity contribution is 5.02. The van der Waals surface area contributed by atoms with Crippen LogP contribution in [-0.2, 0) is 4.74 Å². The summed E-state index contributed by atoms with van der Waals surface area (Å²) >= 11 is 0. The molecule has 1 aliphatic heterocycles. The van der Waals surface area contributed by atoms with Crippen LogP contribution in [0.15, 0.2) is 0 Å². The molecule has 0 aromatic heterocycles. The van der Waals surface area contributed by atoms with E-state index in [1.54, 1.807) is 0 Å². The molecule has 2 aliphatic rings. The molecule has 1 saturated heterocycles. The molecule has 0 amide bonds. The molecule has 2 rings (SSSR count). The lowest BCUT2D eigenvalue weighted by atomic mass is 10.2. The van der Waals surface area contributed by atoms with Gasteiger partial charge in [-0.3, -0.25) is 4.90 Å². The maximum atomic E-state index is 5.96. The van der Waals surface area contributed by atoms with Crippen molar-refractivity contribution >= 4 is 0 Å². The molecule has 1 heterocycles. The van der Waals surface area contributed by atoms with Gasteiger partial charge in [0.2, 0.25) is 0 Å². The van der Waals surface area contributed by atoms with E-state index in [9.17, 15) is 0 Å². The standard InChI is InChI=1S/C9H17NO/c1-7(2)8-10(3)6-9(11-8)4-5-9/h7-8H,4-6H2,1-3H3/t8-/m0/s1. The van der Waals surface area contributed by atoms with Crippen LogP contribution in [-0.4, -0.2) is 30.3 Å². The molecule has 0 N–H and O–H groups in total. The lowest BCUT2D eigenvalue weighted by molar-refractivity contribution is -0.0323. The average molecular weight is 155 g/mol. The van der Waals surface area contributed by atoms with Crippen LogP contribution >= 0.6 is 0 Å². The summed E-state index contributed by atoms with van der Waals surface area (Å²) in [6.07, 6.45) is 2.93. The van der Waals surface area contributed by atoms with Gasteiger partial charge in [0.15, 0.2) is 0 Å². The van der Waals surface area contributed by atoms with E-state index >= 15 is 0 Å². The van der Waals surface area contributed by atoms with Crippen molar-refractivity contribution in [2.45, 2.75) is 38.5 Å². The van der Waals surface area contributed by atoms with Gasteiger partial charge in [-0.15, -0.1) is 0 Å². The summed E-state index contributed by atoms with van der Waals surface area (Å²) < 4.78 is 5.96. The van der Waals surface area contributed by atoms with E-state index in [-0.39, 0.29) is 0 Å². The Morgan fingerprint density at radius 3 is 2.36 bits per heavy atom. The zero-order valence-electron chi connectivity index (χ0n) is 7.63. The van der Waals surface area contributed by atoms with Gasteiger partial charge in [-0.2, -0.15) is 0 Å². The monoisotopic (exact) mass is 155 g/mol. The van der Waals surface area contributed by atoms with Crippen molar-refractivity contribution < 1.29 is 4.74 Å². The predicted octanol–water partition coefficient (Wildman–Crippen LogP) is 1.46. The first-order valence-corrected chi connectivity index (χ1v) is 4.51. The normalized spacial score (nSPS) is 35.5. The van der Waals surface area contributed by atoms with E-state index in [1.807, 2.05) is 0 Å². The SMILES string of the molecule is CC(C)[C@@H]1OC2(CC2)CN1C. The minimum Gasteiger partial charge on any atom is -0.355 e. The molecule has 1 saturated carbocycles. The predicted molar refractivity (Wildman–Crippen MR) is 44.3 cm³/mol. The smallest absolute Gasteiger partial charge is 0.113 e. The van der Waals surface area contributed by atoms with E-state index in [1.165, 1.54) is 12.8 Å². The highest BCUT2D eigenvalue weighted by Crippen LogP contribution is 2.46. The van der Waals surface area contributed by atoms with Crippen LogP contribution in [0.4, 0.5) is 0 Å². The first kappa shape index (κ1) is 7.56. The molecule has 11 heavy (non-hydrogen) atoms. The third-order valence-electron chi connectivity index (χ3n) is 2.72. The Balaban J connectivity index is 2.02. The fourth-order valence-corrected chi connectivity index (χ4v) is 1.99. The molecule has 1 atom stereocenters. The molecule has 1 aliphatic carbocycles. The van der Waals surface area contributed by atoms with Crippen LogP contribution in [0.2, 0.25) is 0 Å². The Morgan fingerprint density at radius 1 is 1.45 bits per heavy atom. The Hall–Kier alpha value is -0.0800. The lowest BCUT2D eigenvalue weighted by Gasteiger charge is -2.21. The second-order valence-corrected chi connectivity index (χ2v) is 4.35. The summed E-state index contributed by atoms with van der Waals surface area (Å²) in [4.78, 5) is 2.34. The Bertz CT molecular complexity index is 163. The van der Waals surface area contributed by atoms with Crippen LogP contribution in [0.25, 0.3) is 0 Å². The Labute approximate surface area is 68.5 Å². The first-order chi connectivity index (χ1) is 5.13. The minimum absolute atomic E-state index is 0.295.